The molecule has 0 spiro atoms. The Bertz CT molecular complexity index is 829. The van der Waals surface area contributed by atoms with Gasteiger partial charge in [0, 0.05) is 16.9 Å². The molecule has 24 heavy (non-hydrogen) atoms. The normalized spacial score (nSPS) is 10.0. The number of halogens is 1. The van der Waals surface area contributed by atoms with Gasteiger partial charge < -0.3 is 11.1 Å². The van der Waals surface area contributed by atoms with Crippen LogP contribution in [0.4, 0.5) is 11.4 Å². The smallest absolute Gasteiger partial charge is 0.228 e. The zero-order valence-corrected chi connectivity index (χ0v) is 13.9. The number of aryl methyl sites for hydroxylation is 1. The third-order valence-electron chi connectivity index (χ3n) is 3.35. The highest BCUT2D eigenvalue weighted by Gasteiger charge is 2.07. The van der Waals surface area contributed by atoms with Gasteiger partial charge in [0.15, 0.2) is 5.82 Å². The average Bonchev–Trinajstić information content (AvgIpc) is 2.96. The number of amides is 1. The van der Waals surface area contributed by atoms with Gasteiger partial charge in [-0.1, -0.05) is 24.3 Å². The number of aromatic amines is 1. The lowest BCUT2D eigenvalue weighted by molar-refractivity contribution is -0.115. The van der Waals surface area contributed by atoms with Crippen LogP contribution >= 0.6 is 12.4 Å². The lowest BCUT2D eigenvalue weighted by Gasteiger charge is -2.07. The van der Waals surface area contributed by atoms with Gasteiger partial charge in [0.25, 0.3) is 0 Å². The number of aromatic nitrogens is 3. The van der Waals surface area contributed by atoms with E-state index < -0.39 is 0 Å². The maximum Gasteiger partial charge on any atom is 0.228 e. The van der Waals surface area contributed by atoms with Crippen LogP contribution < -0.4 is 11.1 Å². The summed E-state index contributed by atoms with van der Waals surface area (Å²) in [5, 5.41) is 9.81. The minimum atomic E-state index is -0.0851. The number of benzene rings is 2. The Kier molecular flexibility index (Phi) is 5.55. The average molecular weight is 344 g/mol. The monoisotopic (exact) mass is 343 g/mol. The van der Waals surface area contributed by atoms with E-state index in [1.54, 1.807) is 12.1 Å². The van der Waals surface area contributed by atoms with E-state index in [0.717, 1.165) is 17.0 Å². The number of carbonyl (C=O) groups excluding carboxylic acids is 1. The van der Waals surface area contributed by atoms with Crippen molar-refractivity contribution < 1.29 is 4.79 Å². The molecule has 3 rings (SSSR count). The molecule has 0 aliphatic rings. The van der Waals surface area contributed by atoms with E-state index in [2.05, 4.69) is 20.5 Å². The maximum absolute atomic E-state index is 12.1. The molecule has 0 unspecified atom stereocenters. The molecule has 124 valence electrons. The molecule has 0 aliphatic carbocycles. The highest BCUT2D eigenvalue weighted by Crippen LogP contribution is 2.19. The largest absolute Gasteiger partial charge is 0.399 e. The van der Waals surface area contributed by atoms with E-state index in [0.29, 0.717) is 23.6 Å². The first-order valence-corrected chi connectivity index (χ1v) is 7.24. The van der Waals surface area contributed by atoms with Gasteiger partial charge in [0.1, 0.15) is 5.82 Å². The minimum absolute atomic E-state index is 0. The van der Waals surface area contributed by atoms with Crippen LogP contribution in [-0.4, -0.2) is 21.1 Å². The number of nitrogens with two attached hydrogens (primary N) is 1. The molecule has 0 atom stereocenters. The summed E-state index contributed by atoms with van der Waals surface area (Å²) in [6.45, 7) is 1.84. The number of nitrogens with zero attached hydrogens (tertiary/aromatic N) is 2. The molecule has 0 saturated heterocycles. The molecule has 3 aromatic rings. The van der Waals surface area contributed by atoms with Crippen molar-refractivity contribution >= 4 is 29.7 Å². The molecule has 7 heteroatoms. The molecule has 4 N–H and O–H groups in total. The van der Waals surface area contributed by atoms with Crippen molar-refractivity contribution in [3.05, 3.63) is 59.9 Å². The van der Waals surface area contributed by atoms with Gasteiger partial charge in [-0.15, -0.1) is 12.4 Å². The van der Waals surface area contributed by atoms with Gasteiger partial charge in [-0.2, -0.15) is 5.10 Å². The molecule has 2 aromatic carbocycles. The van der Waals surface area contributed by atoms with Crippen LogP contribution in [0.1, 0.15) is 11.4 Å². The quantitative estimate of drug-likeness (QED) is 0.634. The van der Waals surface area contributed by atoms with Crippen molar-refractivity contribution in [2.24, 2.45) is 0 Å². The Balaban J connectivity index is 0.00000208. The summed E-state index contributed by atoms with van der Waals surface area (Å²) in [5.74, 6) is 1.27. The number of hydrogen-bond donors (Lipinski definition) is 3. The van der Waals surface area contributed by atoms with Crippen LogP contribution in [0.3, 0.4) is 0 Å². The number of hydrogen-bond acceptors (Lipinski definition) is 4. The van der Waals surface area contributed by atoms with Crippen LogP contribution in [0.2, 0.25) is 0 Å². The molecule has 0 radical (unpaired) electrons. The molecular weight excluding hydrogens is 326 g/mol. The van der Waals surface area contributed by atoms with Crippen LogP contribution in [0.15, 0.2) is 48.5 Å². The lowest BCUT2D eigenvalue weighted by Crippen LogP contribution is -2.14. The van der Waals surface area contributed by atoms with E-state index in [1.165, 1.54) is 0 Å². The zero-order chi connectivity index (χ0) is 16.2. The van der Waals surface area contributed by atoms with E-state index in [-0.39, 0.29) is 18.3 Å². The second kappa shape index (κ2) is 7.61. The highest BCUT2D eigenvalue weighted by atomic mass is 35.5. The number of nitrogen functional groups attached to an aromatic ring is 1. The fourth-order valence-corrected chi connectivity index (χ4v) is 2.23. The third-order valence-corrected chi connectivity index (χ3v) is 3.35. The first-order valence-electron chi connectivity index (χ1n) is 7.24. The van der Waals surface area contributed by atoms with Crippen molar-refractivity contribution in [3.63, 3.8) is 0 Å². The third kappa shape index (κ3) is 4.33. The lowest BCUT2D eigenvalue weighted by atomic mass is 10.1. The van der Waals surface area contributed by atoms with Gasteiger partial charge in [0.05, 0.1) is 6.42 Å². The van der Waals surface area contributed by atoms with E-state index in [1.807, 2.05) is 43.3 Å². The summed E-state index contributed by atoms with van der Waals surface area (Å²) in [6, 6.07) is 14.7. The van der Waals surface area contributed by atoms with E-state index in [4.69, 9.17) is 5.73 Å². The van der Waals surface area contributed by atoms with Gasteiger partial charge in [0.2, 0.25) is 5.91 Å². The summed E-state index contributed by atoms with van der Waals surface area (Å²) in [6.07, 6.45) is 0.296. The molecule has 0 aliphatic heterocycles. The van der Waals surface area contributed by atoms with E-state index in [9.17, 15) is 4.79 Å². The summed E-state index contributed by atoms with van der Waals surface area (Å²) >= 11 is 0. The second-order valence-corrected chi connectivity index (χ2v) is 5.29. The molecule has 0 fully saturated rings. The van der Waals surface area contributed by atoms with Crippen molar-refractivity contribution in [1.82, 2.24) is 15.2 Å². The van der Waals surface area contributed by atoms with Crippen molar-refractivity contribution in [1.29, 1.82) is 0 Å². The van der Waals surface area contributed by atoms with Crippen LogP contribution in [0, 0.1) is 6.92 Å². The van der Waals surface area contributed by atoms with Crippen LogP contribution in [0.25, 0.3) is 11.4 Å². The van der Waals surface area contributed by atoms with Crippen LogP contribution in [0.5, 0.6) is 0 Å². The predicted molar refractivity (Wildman–Crippen MR) is 97.0 cm³/mol. The maximum atomic E-state index is 12.1. The SMILES string of the molecule is Cc1nc(-c2cccc(NC(=O)Cc3ccc(N)cc3)c2)n[nH]1.Cl. The molecule has 1 heterocycles. The summed E-state index contributed by atoms with van der Waals surface area (Å²) < 4.78 is 0. The van der Waals surface area contributed by atoms with Gasteiger partial charge in [-0.25, -0.2) is 4.98 Å². The van der Waals surface area contributed by atoms with Gasteiger partial charge in [-0.05, 0) is 36.8 Å². The summed E-state index contributed by atoms with van der Waals surface area (Å²) in [4.78, 5) is 16.4. The Labute approximate surface area is 145 Å². The van der Waals surface area contributed by atoms with Crippen molar-refractivity contribution in [2.75, 3.05) is 11.1 Å². The summed E-state index contributed by atoms with van der Waals surface area (Å²) in [7, 11) is 0. The van der Waals surface area contributed by atoms with Crippen molar-refractivity contribution in [2.45, 2.75) is 13.3 Å². The topological polar surface area (TPSA) is 96.7 Å². The Hall–Kier alpha value is -2.86. The van der Waals surface area contributed by atoms with Crippen molar-refractivity contribution in [3.8, 4) is 11.4 Å². The minimum Gasteiger partial charge on any atom is -0.399 e. The summed E-state index contributed by atoms with van der Waals surface area (Å²) in [5.41, 5.74) is 8.80. The fraction of sp³-hybridized carbons (Fsp3) is 0.118. The molecule has 0 saturated carbocycles. The number of H-pyrrole nitrogens is 1. The molecule has 6 nitrogen and oxygen atoms in total. The number of rotatable bonds is 4. The number of anilines is 2. The molecular formula is C17H18ClN5O. The van der Waals surface area contributed by atoms with Gasteiger partial charge in [-0.3, -0.25) is 9.89 Å². The molecule has 1 aromatic heterocycles. The Morgan fingerprint density at radius 1 is 1.21 bits per heavy atom. The number of nitrogens with one attached hydrogen (secondary N) is 2. The first-order chi connectivity index (χ1) is 11.1. The second-order valence-electron chi connectivity index (χ2n) is 5.29. The number of carbonyl (C=O) groups is 1. The fourth-order valence-electron chi connectivity index (χ4n) is 2.23. The molecule has 1 amide bonds. The highest BCUT2D eigenvalue weighted by molar-refractivity contribution is 5.92. The standard InChI is InChI=1S/C17H17N5O.ClH/c1-11-19-17(22-21-11)13-3-2-4-15(10-13)20-16(23)9-12-5-7-14(18)8-6-12;/h2-8,10H,9,18H2,1H3,(H,20,23)(H,19,21,22);1H. The predicted octanol–water partition coefficient (Wildman–Crippen LogP) is 2.97. The first kappa shape index (κ1) is 17.5. The zero-order valence-electron chi connectivity index (χ0n) is 13.1. The molecule has 0 bridgehead atoms. The van der Waals surface area contributed by atoms with E-state index >= 15 is 0 Å². The van der Waals surface area contributed by atoms with Gasteiger partial charge >= 0.3 is 0 Å². The Morgan fingerprint density at radius 2 is 1.96 bits per heavy atom. The van der Waals surface area contributed by atoms with Crippen LogP contribution in [-0.2, 0) is 11.2 Å². The Morgan fingerprint density at radius 3 is 2.62 bits per heavy atom.